The van der Waals surface area contributed by atoms with Gasteiger partial charge in [-0.1, -0.05) is 23.7 Å². The summed E-state index contributed by atoms with van der Waals surface area (Å²) in [4.78, 5) is 14.8. The number of carbonyl (C=O) groups is 1. The molecular weight excluding hydrogens is 447 g/mol. The van der Waals surface area contributed by atoms with Crippen LogP contribution in [0.3, 0.4) is 0 Å². The van der Waals surface area contributed by atoms with Crippen LogP contribution in [0.25, 0.3) is 11.3 Å². The Morgan fingerprint density at radius 1 is 1.21 bits per heavy atom. The fraction of sp³-hybridized carbons (Fsp3) is 0.333. The number of amides is 1. The van der Waals surface area contributed by atoms with Gasteiger partial charge in [-0.05, 0) is 42.0 Å². The minimum absolute atomic E-state index is 0.242. The molecule has 1 unspecified atom stereocenters. The molecule has 9 heteroatoms. The molecule has 2 heterocycles. The fourth-order valence-corrected chi connectivity index (χ4v) is 3.80. The summed E-state index contributed by atoms with van der Waals surface area (Å²) >= 11 is 5.85. The number of hydrogen-bond donors (Lipinski definition) is 1. The van der Waals surface area contributed by atoms with Crippen LogP contribution in [0.4, 0.5) is 10.1 Å². The lowest BCUT2D eigenvalue weighted by atomic mass is 10.1. The van der Waals surface area contributed by atoms with Crippen LogP contribution < -0.4 is 10.1 Å². The van der Waals surface area contributed by atoms with Gasteiger partial charge in [0.15, 0.2) is 0 Å². The molecule has 0 saturated carbocycles. The number of benzene rings is 2. The van der Waals surface area contributed by atoms with Gasteiger partial charge in [0.05, 0.1) is 18.9 Å². The number of anilines is 1. The highest BCUT2D eigenvalue weighted by Gasteiger charge is 2.21. The average Bonchev–Trinajstić information content (AvgIpc) is 3.26. The van der Waals surface area contributed by atoms with Crippen LogP contribution in [-0.2, 0) is 16.6 Å². The van der Waals surface area contributed by atoms with Crippen LogP contribution in [0.1, 0.15) is 11.7 Å². The SMILES string of the molecule is Cn1nccc1-c1cc(NC(=O)C(F)c2ccc(Cl)cc2)ccc1OCCN1CCOCC1. The van der Waals surface area contributed by atoms with Crippen molar-refractivity contribution in [2.75, 3.05) is 44.8 Å². The molecule has 174 valence electrons. The molecule has 1 aliphatic rings. The van der Waals surface area contributed by atoms with E-state index >= 15 is 0 Å². The number of halogens is 2. The van der Waals surface area contributed by atoms with Gasteiger partial charge in [-0.3, -0.25) is 14.4 Å². The molecule has 1 amide bonds. The minimum Gasteiger partial charge on any atom is -0.492 e. The van der Waals surface area contributed by atoms with Gasteiger partial charge in [0.1, 0.15) is 12.4 Å². The number of rotatable bonds is 8. The third-order valence-electron chi connectivity index (χ3n) is 5.51. The largest absolute Gasteiger partial charge is 0.492 e. The molecule has 0 aliphatic carbocycles. The first-order valence-electron chi connectivity index (χ1n) is 10.8. The predicted octanol–water partition coefficient (Wildman–Crippen LogP) is 4.10. The summed E-state index contributed by atoms with van der Waals surface area (Å²) in [6.45, 7) is 4.55. The number of carbonyl (C=O) groups excluding carboxylic acids is 1. The maximum atomic E-state index is 14.7. The molecule has 4 rings (SSSR count). The van der Waals surface area contributed by atoms with Gasteiger partial charge in [-0.2, -0.15) is 5.10 Å². The first kappa shape index (κ1) is 23.2. The molecule has 1 aromatic heterocycles. The van der Waals surface area contributed by atoms with E-state index in [-0.39, 0.29) is 5.56 Å². The third-order valence-corrected chi connectivity index (χ3v) is 5.76. The number of aryl methyl sites for hydroxylation is 1. The average molecular weight is 473 g/mol. The minimum atomic E-state index is -1.81. The Morgan fingerprint density at radius 2 is 1.97 bits per heavy atom. The molecule has 1 fully saturated rings. The Balaban J connectivity index is 1.49. The summed E-state index contributed by atoms with van der Waals surface area (Å²) in [5.74, 6) is -0.0892. The Hall–Kier alpha value is -2.94. The summed E-state index contributed by atoms with van der Waals surface area (Å²) in [6, 6.07) is 13.2. The zero-order valence-corrected chi connectivity index (χ0v) is 19.1. The van der Waals surface area contributed by atoms with E-state index in [1.54, 1.807) is 41.2 Å². The third kappa shape index (κ3) is 5.90. The topological polar surface area (TPSA) is 68.6 Å². The number of alkyl halides is 1. The molecule has 33 heavy (non-hydrogen) atoms. The second kappa shape index (κ2) is 10.8. The Kier molecular flexibility index (Phi) is 7.59. The van der Waals surface area contributed by atoms with E-state index in [1.807, 2.05) is 13.1 Å². The lowest BCUT2D eigenvalue weighted by molar-refractivity contribution is -0.121. The van der Waals surface area contributed by atoms with Crippen LogP contribution >= 0.6 is 11.6 Å². The molecule has 3 aromatic rings. The van der Waals surface area contributed by atoms with E-state index < -0.39 is 12.1 Å². The van der Waals surface area contributed by atoms with Crippen molar-refractivity contribution in [1.29, 1.82) is 0 Å². The first-order chi connectivity index (χ1) is 16.0. The highest BCUT2D eigenvalue weighted by Crippen LogP contribution is 2.33. The van der Waals surface area contributed by atoms with Crippen molar-refractivity contribution in [2.24, 2.45) is 7.05 Å². The van der Waals surface area contributed by atoms with Gasteiger partial charge in [-0.15, -0.1) is 0 Å². The van der Waals surface area contributed by atoms with Crippen LogP contribution in [0.15, 0.2) is 54.7 Å². The molecule has 1 saturated heterocycles. The summed E-state index contributed by atoms with van der Waals surface area (Å²) in [7, 11) is 1.83. The van der Waals surface area contributed by atoms with Gasteiger partial charge in [-0.25, -0.2) is 4.39 Å². The number of aromatic nitrogens is 2. The van der Waals surface area contributed by atoms with E-state index in [1.165, 1.54) is 12.1 Å². The zero-order valence-electron chi connectivity index (χ0n) is 18.3. The molecule has 0 radical (unpaired) electrons. The predicted molar refractivity (Wildman–Crippen MR) is 125 cm³/mol. The summed E-state index contributed by atoms with van der Waals surface area (Å²) < 4.78 is 27.9. The second-order valence-corrected chi connectivity index (χ2v) is 8.19. The van der Waals surface area contributed by atoms with E-state index in [0.717, 1.165) is 44.1 Å². The van der Waals surface area contributed by atoms with Crippen molar-refractivity contribution in [1.82, 2.24) is 14.7 Å². The normalized spacial score (nSPS) is 15.2. The van der Waals surface area contributed by atoms with E-state index in [4.69, 9.17) is 21.1 Å². The summed E-state index contributed by atoms with van der Waals surface area (Å²) in [5.41, 5.74) is 2.29. The highest BCUT2D eigenvalue weighted by atomic mass is 35.5. The number of morpholine rings is 1. The molecule has 1 atom stereocenters. The Morgan fingerprint density at radius 3 is 2.67 bits per heavy atom. The number of hydrogen-bond acceptors (Lipinski definition) is 5. The van der Waals surface area contributed by atoms with Crippen LogP contribution in [0, 0.1) is 0 Å². The summed E-state index contributed by atoms with van der Waals surface area (Å²) in [5, 5.41) is 7.37. The number of ether oxygens (including phenoxy) is 2. The standard InChI is InChI=1S/C24H26ClFN4O3/c1-29-21(8-9-27-29)20-16-19(28-24(31)23(26)17-2-4-18(25)5-3-17)6-7-22(20)33-15-12-30-10-13-32-14-11-30/h2-9,16,23H,10-15H2,1H3,(H,28,31). The number of nitrogens with one attached hydrogen (secondary N) is 1. The molecular formula is C24H26ClFN4O3. The first-order valence-corrected chi connectivity index (χ1v) is 11.1. The van der Waals surface area contributed by atoms with Crippen molar-refractivity contribution in [3.8, 4) is 17.0 Å². The smallest absolute Gasteiger partial charge is 0.263 e. The number of nitrogens with zero attached hydrogens (tertiary/aromatic N) is 3. The van der Waals surface area contributed by atoms with Crippen LogP contribution in [0.2, 0.25) is 5.02 Å². The zero-order chi connectivity index (χ0) is 23.2. The van der Waals surface area contributed by atoms with Crippen molar-refractivity contribution in [3.05, 3.63) is 65.3 Å². The Labute approximate surface area is 197 Å². The monoisotopic (exact) mass is 472 g/mol. The van der Waals surface area contributed by atoms with Gasteiger partial charge in [0.2, 0.25) is 6.17 Å². The molecule has 1 N–H and O–H groups in total. The van der Waals surface area contributed by atoms with Crippen molar-refractivity contribution in [3.63, 3.8) is 0 Å². The van der Waals surface area contributed by atoms with Crippen LogP contribution in [-0.4, -0.2) is 60.0 Å². The van der Waals surface area contributed by atoms with Crippen molar-refractivity contribution >= 4 is 23.2 Å². The molecule has 7 nitrogen and oxygen atoms in total. The lowest BCUT2D eigenvalue weighted by Crippen LogP contribution is -2.38. The van der Waals surface area contributed by atoms with Crippen molar-refractivity contribution < 1.29 is 18.7 Å². The van der Waals surface area contributed by atoms with E-state index in [9.17, 15) is 9.18 Å². The second-order valence-electron chi connectivity index (χ2n) is 7.76. The van der Waals surface area contributed by atoms with Gasteiger partial charge >= 0.3 is 0 Å². The molecule has 0 spiro atoms. The molecule has 2 aromatic carbocycles. The Bertz CT molecular complexity index is 1080. The van der Waals surface area contributed by atoms with E-state index in [0.29, 0.717) is 23.1 Å². The highest BCUT2D eigenvalue weighted by molar-refractivity contribution is 6.30. The maximum Gasteiger partial charge on any atom is 0.263 e. The maximum absolute atomic E-state index is 14.7. The van der Waals surface area contributed by atoms with Gasteiger partial charge in [0.25, 0.3) is 5.91 Å². The molecule has 0 bridgehead atoms. The fourth-order valence-electron chi connectivity index (χ4n) is 3.67. The summed E-state index contributed by atoms with van der Waals surface area (Å²) in [6.07, 6.45) is -0.122. The molecule has 1 aliphatic heterocycles. The van der Waals surface area contributed by atoms with Gasteiger partial charge in [0, 0.05) is 49.2 Å². The lowest BCUT2D eigenvalue weighted by Gasteiger charge is -2.26. The van der Waals surface area contributed by atoms with E-state index in [2.05, 4.69) is 15.3 Å². The quantitative estimate of drug-likeness (QED) is 0.534. The van der Waals surface area contributed by atoms with Crippen molar-refractivity contribution in [2.45, 2.75) is 6.17 Å². The van der Waals surface area contributed by atoms with Crippen LogP contribution in [0.5, 0.6) is 5.75 Å². The van der Waals surface area contributed by atoms with Gasteiger partial charge < -0.3 is 14.8 Å².